The number of hydrogen-bond donors (Lipinski definition) is 1. The van der Waals surface area contributed by atoms with Gasteiger partial charge in [-0.2, -0.15) is 5.26 Å². The summed E-state index contributed by atoms with van der Waals surface area (Å²) in [5.41, 5.74) is 1.67. The molecule has 0 aromatic carbocycles. The van der Waals surface area contributed by atoms with E-state index < -0.39 is 0 Å². The average molecular weight is 216 g/mol. The largest absolute Gasteiger partial charge is 0.312 e. The van der Waals surface area contributed by atoms with E-state index in [1.54, 1.807) is 6.20 Å². The summed E-state index contributed by atoms with van der Waals surface area (Å²) in [7, 11) is 0. The fourth-order valence-corrected chi connectivity index (χ4v) is 2.05. The van der Waals surface area contributed by atoms with Gasteiger partial charge in [0.25, 0.3) is 0 Å². The van der Waals surface area contributed by atoms with Gasteiger partial charge in [0, 0.05) is 38.4 Å². The zero-order valence-corrected chi connectivity index (χ0v) is 9.48. The highest BCUT2D eigenvalue weighted by Crippen LogP contribution is 2.08. The lowest BCUT2D eigenvalue weighted by Crippen LogP contribution is -2.48. The molecule has 16 heavy (non-hydrogen) atoms. The Morgan fingerprint density at radius 2 is 2.56 bits per heavy atom. The van der Waals surface area contributed by atoms with Crippen LogP contribution in [0.1, 0.15) is 18.2 Å². The molecule has 1 N–H and O–H groups in total. The van der Waals surface area contributed by atoms with Crippen molar-refractivity contribution in [1.82, 2.24) is 15.2 Å². The van der Waals surface area contributed by atoms with Crippen LogP contribution < -0.4 is 5.32 Å². The van der Waals surface area contributed by atoms with E-state index in [9.17, 15) is 0 Å². The van der Waals surface area contributed by atoms with Crippen molar-refractivity contribution in [3.8, 4) is 6.07 Å². The summed E-state index contributed by atoms with van der Waals surface area (Å²) in [6.45, 7) is 6.26. The molecule has 4 heteroatoms. The Bertz CT molecular complexity index is 396. The fourth-order valence-electron chi connectivity index (χ4n) is 2.05. The molecule has 1 aliphatic heterocycles. The number of rotatable bonds is 2. The molecule has 0 spiro atoms. The first-order valence-corrected chi connectivity index (χ1v) is 5.58. The van der Waals surface area contributed by atoms with Gasteiger partial charge < -0.3 is 5.32 Å². The molecule has 84 valence electrons. The molecule has 0 amide bonds. The Balaban J connectivity index is 2.00. The molecule has 1 atom stereocenters. The first-order chi connectivity index (χ1) is 7.78. The van der Waals surface area contributed by atoms with Crippen molar-refractivity contribution in [1.29, 1.82) is 5.26 Å². The van der Waals surface area contributed by atoms with Crippen LogP contribution in [0.25, 0.3) is 0 Å². The third-order valence-electron chi connectivity index (χ3n) is 2.80. The number of nitriles is 1. The summed E-state index contributed by atoms with van der Waals surface area (Å²) >= 11 is 0. The molecular weight excluding hydrogens is 200 g/mol. The van der Waals surface area contributed by atoms with Crippen molar-refractivity contribution in [2.75, 3.05) is 19.6 Å². The van der Waals surface area contributed by atoms with Crippen LogP contribution in [-0.2, 0) is 6.54 Å². The second-order valence-electron chi connectivity index (χ2n) is 4.25. The van der Waals surface area contributed by atoms with Crippen LogP contribution in [-0.4, -0.2) is 35.6 Å². The summed E-state index contributed by atoms with van der Waals surface area (Å²) in [5, 5.41) is 12.2. The molecule has 0 radical (unpaired) electrons. The van der Waals surface area contributed by atoms with E-state index in [0.717, 1.165) is 26.2 Å². The van der Waals surface area contributed by atoms with Crippen molar-refractivity contribution < 1.29 is 0 Å². The minimum Gasteiger partial charge on any atom is -0.312 e. The second kappa shape index (κ2) is 5.06. The Labute approximate surface area is 95.9 Å². The summed E-state index contributed by atoms with van der Waals surface area (Å²) < 4.78 is 0. The van der Waals surface area contributed by atoms with Crippen LogP contribution in [0.4, 0.5) is 0 Å². The van der Waals surface area contributed by atoms with Gasteiger partial charge in [0.15, 0.2) is 0 Å². The summed E-state index contributed by atoms with van der Waals surface area (Å²) in [5.74, 6) is 0. The minimum atomic E-state index is 0.501. The van der Waals surface area contributed by atoms with Crippen molar-refractivity contribution in [3.63, 3.8) is 0 Å². The van der Waals surface area contributed by atoms with Crippen LogP contribution in [0, 0.1) is 11.3 Å². The highest BCUT2D eigenvalue weighted by molar-refractivity contribution is 5.25. The molecule has 1 saturated heterocycles. The number of piperazine rings is 1. The number of aromatic nitrogens is 1. The predicted molar refractivity (Wildman–Crippen MR) is 61.7 cm³/mol. The number of nitrogens with zero attached hydrogens (tertiary/aromatic N) is 3. The van der Waals surface area contributed by atoms with Crippen molar-refractivity contribution in [3.05, 3.63) is 29.6 Å². The lowest BCUT2D eigenvalue weighted by molar-refractivity contribution is 0.199. The minimum absolute atomic E-state index is 0.501. The van der Waals surface area contributed by atoms with Crippen molar-refractivity contribution >= 4 is 0 Å². The molecule has 2 rings (SSSR count). The number of pyridine rings is 1. The number of hydrogen-bond acceptors (Lipinski definition) is 4. The van der Waals surface area contributed by atoms with Crippen LogP contribution in [0.3, 0.4) is 0 Å². The average Bonchev–Trinajstić information content (AvgIpc) is 2.29. The van der Waals surface area contributed by atoms with E-state index in [-0.39, 0.29) is 0 Å². The molecule has 1 fully saturated rings. The normalized spacial score (nSPS) is 21.6. The topological polar surface area (TPSA) is 52.0 Å². The molecule has 1 aliphatic rings. The first-order valence-electron chi connectivity index (χ1n) is 5.58. The van der Waals surface area contributed by atoms with Crippen molar-refractivity contribution in [2.24, 2.45) is 0 Å². The zero-order valence-electron chi connectivity index (χ0n) is 9.48. The van der Waals surface area contributed by atoms with Gasteiger partial charge in [0.2, 0.25) is 0 Å². The highest BCUT2D eigenvalue weighted by atomic mass is 15.2. The lowest BCUT2D eigenvalue weighted by Gasteiger charge is -2.31. The maximum atomic E-state index is 8.77. The number of nitrogens with one attached hydrogen (secondary N) is 1. The van der Waals surface area contributed by atoms with Crippen LogP contribution in [0.5, 0.6) is 0 Å². The quantitative estimate of drug-likeness (QED) is 0.792. The van der Waals surface area contributed by atoms with E-state index in [1.807, 2.05) is 12.1 Å². The third-order valence-corrected chi connectivity index (χ3v) is 2.80. The van der Waals surface area contributed by atoms with E-state index in [1.165, 1.54) is 5.56 Å². The summed E-state index contributed by atoms with van der Waals surface area (Å²) in [6.07, 6.45) is 1.71. The Kier molecular flexibility index (Phi) is 3.50. The predicted octanol–water partition coefficient (Wildman–Crippen LogP) is 0.747. The molecule has 1 aromatic rings. The molecule has 0 bridgehead atoms. The molecular formula is C12H16N4. The van der Waals surface area contributed by atoms with Gasteiger partial charge in [-0.25, -0.2) is 4.98 Å². The third kappa shape index (κ3) is 2.78. The zero-order chi connectivity index (χ0) is 11.4. The van der Waals surface area contributed by atoms with Gasteiger partial charge in [0.05, 0.1) is 0 Å². The molecule has 0 aliphatic carbocycles. The highest BCUT2D eigenvalue weighted by Gasteiger charge is 2.15. The van der Waals surface area contributed by atoms with E-state index >= 15 is 0 Å². The molecule has 0 saturated carbocycles. The lowest BCUT2D eigenvalue weighted by atomic mass is 10.2. The Hall–Kier alpha value is -1.44. The van der Waals surface area contributed by atoms with Gasteiger partial charge in [-0.05, 0) is 24.6 Å². The van der Waals surface area contributed by atoms with E-state index in [0.29, 0.717) is 11.7 Å². The maximum Gasteiger partial charge on any atom is 0.140 e. The summed E-state index contributed by atoms with van der Waals surface area (Å²) in [4.78, 5) is 6.37. The fraction of sp³-hybridized carbons (Fsp3) is 0.500. The van der Waals surface area contributed by atoms with Gasteiger partial charge in [-0.1, -0.05) is 0 Å². The molecule has 1 aromatic heterocycles. The van der Waals surface area contributed by atoms with Crippen LogP contribution >= 0.6 is 0 Å². The smallest absolute Gasteiger partial charge is 0.140 e. The van der Waals surface area contributed by atoms with Crippen LogP contribution in [0.2, 0.25) is 0 Å². The van der Waals surface area contributed by atoms with E-state index in [2.05, 4.69) is 28.2 Å². The Morgan fingerprint density at radius 3 is 3.31 bits per heavy atom. The van der Waals surface area contributed by atoms with E-state index in [4.69, 9.17) is 5.26 Å². The SMILES string of the molecule is C[C@@H]1CN(Cc2ccnc(C#N)c2)CCN1. The van der Waals surface area contributed by atoms with Gasteiger partial charge in [-0.15, -0.1) is 0 Å². The molecule has 2 heterocycles. The van der Waals surface area contributed by atoms with Gasteiger partial charge in [0.1, 0.15) is 11.8 Å². The van der Waals surface area contributed by atoms with Crippen molar-refractivity contribution in [2.45, 2.75) is 19.5 Å². The molecule has 4 nitrogen and oxygen atoms in total. The second-order valence-corrected chi connectivity index (χ2v) is 4.25. The maximum absolute atomic E-state index is 8.77. The van der Waals surface area contributed by atoms with Crippen LogP contribution in [0.15, 0.2) is 18.3 Å². The van der Waals surface area contributed by atoms with Gasteiger partial charge in [-0.3, -0.25) is 4.90 Å². The monoisotopic (exact) mass is 216 g/mol. The molecule has 0 unspecified atom stereocenters. The first kappa shape index (κ1) is 11.1. The Morgan fingerprint density at radius 1 is 1.69 bits per heavy atom. The van der Waals surface area contributed by atoms with Gasteiger partial charge >= 0.3 is 0 Å². The summed E-state index contributed by atoms with van der Waals surface area (Å²) in [6, 6.07) is 6.47. The standard InChI is InChI=1S/C12H16N4/c1-10-8-16(5-4-14-10)9-11-2-3-15-12(6-11)7-13/h2-3,6,10,14H,4-5,8-9H2,1H3/t10-/m1/s1.